The Morgan fingerprint density at radius 3 is 3.07 bits per heavy atom. The van der Waals surface area contributed by atoms with E-state index in [1.54, 1.807) is 12.3 Å². The summed E-state index contributed by atoms with van der Waals surface area (Å²) in [6.45, 7) is 0.589. The summed E-state index contributed by atoms with van der Waals surface area (Å²) in [6, 6.07) is 1.74. The molecule has 1 heterocycles. The van der Waals surface area contributed by atoms with Gasteiger partial charge in [-0.05, 0) is 6.07 Å². The van der Waals surface area contributed by atoms with Crippen molar-refractivity contribution in [3.05, 3.63) is 24.3 Å². The molecule has 0 aliphatic rings. The van der Waals surface area contributed by atoms with Crippen molar-refractivity contribution in [1.82, 2.24) is 15.3 Å². The molecule has 0 fully saturated rings. The molecule has 1 unspecified atom stereocenters. The SMILES string of the molecule is NC(=O)C(O)CNCc1ccncn1. The lowest BCUT2D eigenvalue weighted by molar-refractivity contribution is -0.125. The molecule has 0 aliphatic carbocycles. The van der Waals surface area contributed by atoms with Gasteiger partial charge >= 0.3 is 0 Å². The molecule has 0 radical (unpaired) electrons. The Balaban J connectivity index is 2.26. The molecule has 1 rings (SSSR count). The number of aromatic nitrogens is 2. The Labute approximate surface area is 81.2 Å². The number of carbonyl (C=O) groups excluding carboxylic acids is 1. The van der Waals surface area contributed by atoms with Crippen LogP contribution in [0, 0.1) is 0 Å². The number of nitrogens with two attached hydrogens (primary N) is 1. The number of hydrogen-bond acceptors (Lipinski definition) is 5. The fraction of sp³-hybridized carbons (Fsp3) is 0.375. The van der Waals surface area contributed by atoms with Crippen molar-refractivity contribution in [2.75, 3.05) is 6.54 Å². The van der Waals surface area contributed by atoms with Crippen LogP contribution in [0.1, 0.15) is 5.69 Å². The molecule has 14 heavy (non-hydrogen) atoms. The summed E-state index contributed by atoms with van der Waals surface area (Å²) < 4.78 is 0. The van der Waals surface area contributed by atoms with Crippen LogP contribution in [-0.4, -0.2) is 33.6 Å². The molecule has 0 aliphatic heterocycles. The zero-order valence-corrected chi connectivity index (χ0v) is 7.55. The van der Waals surface area contributed by atoms with Crippen LogP contribution in [0.4, 0.5) is 0 Å². The van der Waals surface area contributed by atoms with E-state index in [0.717, 1.165) is 5.69 Å². The highest BCUT2D eigenvalue weighted by molar-refractivity contribution is 5.78. The van der Waals surface area contributed by atoms with E-state index in [4.69, 9.17) is 10.8 Å². The molecular weight excluding hydrogens is 184 g/mol. The van der Waals surface area contributed by atoms with Gasteiger partial charge in [-0.15, -0.1) is 0 Å². The minimum Gasteiger partial charge on any atom is -0.382 e. The highest BCUT2D eigenvalue weighted by atomic mass is 16.3. The smallest absolute Gasteiger partial charge is 0.247 e. The summed E-state index contributed by atoms with van der Waals surface area (Å²) in [4.78, 5) is 18.2. The fourth-order valence-electron chi connectivity index (χ4n) is 0.860. The van der Waals surface area contributed by atoms with Gasteiger partial charge in [0.25, 0.3) is 0 Å². The van der Waals surface area contributed by atoms with Gasteiger partial charge in [-0.25, -0.2) is 9.97 Å². The summed E-state index contributed by atoms with van der Waals surface area (Å²) in [6.07, 6.45) is 1.90. The molecule has 1 aromatic rings. The average Bonchev–Trinajstić information content (AvgIpc) is 2.19. The van der Waals surface area contributed by atoms with E-state index < -0.39 is 12.0 Å². The molecule has 6 nitrogen and oxygen atoms in total. The number of hydrogen-bond donors (Lipinski definition) is 3. The van der Waals surface area contributed by atoms with Crippen molar-refractivity contribution in [2.24, 2.45) is 5.73 Å². The van der Waals surface area contributed by atoms with Crippen LogP contribution in [0.2, 0.25) is 0 Å². The van der Waals surface area contributed by atoms with E-state index in [-0.39, 0.29) is 6.54 Å². The quantitative estimate of drug-likeness (QED) is 0.527. The number of nitrogens with one attached hydrogen (secondary N) is 1. The van der Waals surface area contributed by atoms with Crippen molar-refractivity contribution in [1.29, 1.82) is 0 Å². The monoisotopic (exact) mass is 196 g/mol. The lowest BCUT2D eigenvalue weighted by Crippen LogP contribution is -2.37. The van der Waals surface area contributed by atoms with Gasteiger partial charge in [0.15, 0.2) is 0 Å². The van der Waals surface area contributed by atoms with Crippen LogP contribution < -0.4 is 11.1 Å². The molecule has 0 aromatic carbocycles. The van der Waals surface area contributed by atoms with E-state index in [0.29, 0.717) is 6.54 Å². The minimum absolute atomic E-state index is 0.124. The molecule has 0 saturated carbocycles. The number of nitrogens with zero attached hydrogens (tertiary/aromatic N) is 2. The van der Waals surface area contributed by atoms with Crippen LogP contribution in [-0.2, 0) is 11.3 Å². The molecule has 6 heteroatoms. The standard InChI is InChI=1S/C8H12N4O2/c9-8(14)7(13)4-11-3-6-1-2-10-5-12-6/h1-2,5,7,11,13H,3-4H2,(H2,9,14). The van der Waals surface area contributed by atoms with E-state index in [2.05, 4.69) is 15.3 Å². The number of rotatable bonds is 5. The van der Waals surface area contributed by atoms with Gasteiger partial charge in [0.1, 0.15) is 12.4 Å². The first-order valence-corrected chi connectivity index (χ1v) is 4.13. The van der Waals surface area contributed by atoms with Crippen molar-refractivity contribution in [2.45, 2.75) is 12.6 Å². The Morgan fingerprint density at radius 2 is 2.50 bits per heavy atom. The fourth-order valence-corrected chi connectivity index (χ4v) is 0.860. The average molecular weight is 196 g/mol. The lowest BCUT2D eigenvalue weighted by atomic mass is 10.3. The third-order valence-electron chi connectivity index (χ3n) is 1.62. The van der Waals surface area contributed by atoms with Crippen LogP contribution in [0.15, 0.2) is 18.6 Å². The van der Waals surface area contributed by atoms with Crippen molar-refractivity contribution in [3.63, 3.8) is 0 Å². The Kier molecular flexibility index (Phi) is 3.96. The van der Waals surface area contributed by atoms with Crippen LogP contribution >= 0.6 is 0 Å². The molecular formula is C8H12N4O2. The van der Waals surface area contributed by atoms with Gasteiger partial charge < -0.3 is 16.2 Å². The molecule has 76 valence electrons. The number of amides is 1. The van der Waals surface area contributed by atoms with E-state index in [1.807, 2.05) is 0 Å². The summed E-state index contributed by atoms with van der Waals surface area (Å²) in [5.74, 6) is -0.736. The molecule has 4 N–H and O–H groups in total. The van der Waals surface area contributed by atoms with Crippen molar-refractivity contribution >= 4 is 5.91 Å². The first kappa shape index (κ1) is 10.6. The zero-order valence-electron chi connectivity index (χ0n) is 7.55. The highest BCUT2D eigenvalue weighted by Gasteiger charge is 2.09. The van der Waals surface area contributed by atoms with Gasteiger partial charge in [0.2, 0.25) is 5.91 Å². The number of aliphatic hydroxyl groups is 1. The second-order valence-electron chi connectivity index (χ2n) is 2.75. The summed E-state index contributed by atoms with van der Waals surface area (Å²) >= 11 is 0. The van der Waals surface area contributed by atoms with Gasteiger partial charge in [-0.2, -0.15) is 0 Å². The number of aliphatic hydroxyl groups excluding tert-OH is 1. The first-order valence-electron chi connectivity index (χ1n) is 4.13. The third-order valence-corrected chi connectivity index (χ3v) is 1.62. The maximum absolute atomic E-state index is 10.4. The first-order chi connectivity index (χ1) is 6.70. The maximum atomic E-state index is 10.4. The van der Waals surface area contributed by atoms with E-state index in [9.17, 15) is 4.79 Å². The molecule has 1 aromatic heterocycles. The summed E-state index contributed by atoms with van der Waals surface area (Å²) in [5.41, 5.74) is 5.65. The largest absolute Gasteiger partial charge is 0.382 e. The zero-order chi connectivity index (χ0) is 10.4. The number of primary amides is 1. The predicted molar refractivity (Wildman–Crippen MR) is 48.9 cm³/mol. The normalized spacial score (nSPS) is 12.4. The summed E-state index contributed by atoms with van der Waals surface area (Å²) in [5, 5.41) is 11.9. The van der Waals surface area contributed by atoms with Gasteiger partial charge in [0.05, 0.1) is 5.69 Å². The summed E-state index contributed by atoms with van der Waals surface area (Å²) in [7, 11) is 0. The second kappa shape index (κ2) is 5.25. The topological polar surface area (TPSA) is 101 Å². The van der Waals surface area contributed by atoms with Gasteiger partial charge in [-0.3, -0.25) is 4.79 Å². The van der Waals surface area contributed by atoms with Crippen LogP contribution in [0.5, 0.6) is 0 Å². The predicted octanol–water partition coefficient (Wildman–Crippen LogP) is -1.59. The lowest BCUT2D eigenvalue weighted by Gasteiger charge is -2.07. The molecule has 1 amide bonds. The van der Waals surface area contributed by atoms with Gasteiger partial charge in [0, 0.05) is 19.3 Å². The van der Waals surface area contributed by atoms with Gasteiger partial charge in [-0.1, -0.05) is 0 Å². The Hall–Kier alpha value is -1.53. The maximum Gasteiger partial charge on any atom is 0.247 e. The Bertz CT molecular complexity index is 291. The van der Waals surface area contributed by atoms with Crippen molar-refractivity contribution < 1.29 is 9.90 Å². The van der Waals surface area contributed by atoms with E-state index >= 15 is 0 Å². The molecule has 0 bridgehead atoms. The second-order valence-corrected chi connectivity index (χ2v) is 2.75. The molecule has 0 spiro atoms. The number of carbonyl (C=O) groups is 1. The highest BCUT2D eigenvalue weighted by Crippen LogP contribution is 1.89. The molecule has 1 atom stereocenters. The Morgan fingerprint density at radius 1 is 1.71 bits per heavy atom. The van der Waals surface area contributed by atoms with Crippen LogP contribution in [0.3, 0.4) is 0 Å². The van der Waals surface area contributed by atoms with Crippen molar-refractivity contribution in [3.8, 4) is 0 Å². The minimum atomic E-state index is -1.16. The third kappa shape index (κ3) is 3.46. The molecule has 0 saturated heterocycles. The van der Waals surface area contributed by atoms with Crippen LogP contribution in [0.25, 0.3) is 0 Å². The van der Waals surface area contributed by atoms with E-state index in [1.165, 1.54) is 6.33 Å².